The molecule has 2 atom stereocenters. The average Bonchev–Trinajstić information content (AvgIpc) is 2.28. The van der Waals surface area contributed by atoms with Gasteiger partial charge in [-0.25, -0.2) is 0 Å². The minimum atomic E-state index is -0.770. The van der Waals surface area contributed by atoms with E-state index in [1.807, 2.05) is 27.7 Å². The molecule has 0 aromatic heterocycles. The van der Waals surface area contributed by atoms with E-state index in [1.54, 1.807) is 0 Å². The van der Waals surface area contributed by atoms with Gasteiger partial charge >= 0.3 is 0 Å². The largest absolute Gasteiger partial charge is 0.559 e. The van der Waals surface area contributed by atoms with Crippen LogP contribution in [-0.2, 0) is 74.9 Å². The molecule has 5 heteroatoms. The van der Waals surface area contributed by atoms with Crippen molar-refractivity contribution in [3.8, 4) is 0 Å². The van der Waals surface area contributed by atoms with Crippen molar-refractivity contribution in [1.29, 1.82) is 0 Å². The summed E-state index contributed by atoms with van der Waals surface area (Å²) in [5, 5.41) is 10.6. The molecule has 19 heavy (non-hydrogen) atoms. The molecule has 0 bridgehead atoms. The molecule has 2 heterocycles. The number of aliphatic hydroxyl groups is 1. The Morgan fingerprint density at radius 1 is 0.789 bits per heavy atom. The van der Waals surface area contributed by atoms with E-state index in [0.29, 0.717) is 6.10 Å². The molecule has 2 aliphatic heterocycles. The molecular formula is C14H25O3Y2-. The van der Waals surface area contributed by atoms with E-state index in [0.717, 1.165) is 0 Å². The van der Waals surface area contributed by atoms with Gasteiger partial charge in [0, 0.05) is 65.4 Å². The minimum Gasteiger partial charge on any atom is -0.559 e. The Hall–Kier alpha value is 2.09. The van der Waals surface area contributed by atoms with Gasteiger partial charge in [0.25, 0.3) is 0 Å². The van der Waals surface area contributed by atoms with E-state index in [4.69, 9.17) is 9.47 Å². The second kappa shape index (κ2) is 5.32. The van der Waals surface area contributed by atoms with E-state index in [-0.39, 0.29) is 76.4 Å². The number of ether oxygens (including phenoxy) is 2. The van der Waals surface area contributed by atoms with E-state index < -0.39 is 16.8 Å². The van der Waals surface area contributed by atoms with Gasteiger partial charge in [-0.05, 0) is 31.8 Å². The maximum atomic E-state index is 10.6. The van der Waals surface area contributed by atoms with Crippen LogP contribution in [0.1, 0.15) is 55.4 Å². The van der Waals surface area contributed by atoms with E-state index >= 15 is 0 Å². The molecule has 0 unspecified atom stereocenters. The summed E-state index contributed by atoms with van der Waals surface area (Å²) >= 11 is 0. The van der Waals surface area contributed by atoms with Crippen LogP contribution in [0.15, 0.2) is 0 Å². The summed E-state index contributed by atoms with van der Waals surface area (Å²) in [5.74, 6) is -0.770. The number of hydrogen-bond acceptors (Lipinski definition) is 3. The number of hydrogen-bond donors (Lipinski definition) is 1. The minimum absolute atomic E-state index is 0. The standard InChI is InChI=1S/C14H25O3.2Y/c1-10(2)9(15)13(7)11(3,4)12(5,6)17-14(13,8)16-10;;/h15H,1-8H3;;/q-1;;/t13-,14+;;/m1../s1. The fourth-order valence-corrected chi connectivity index (χ4v) is 3.66. The second-order valence-corrected chi connectivity index (χ2v) is 7.27. The zero-order valence-corrected chi connectivity index (χ0v) is 19.1. The van der Waals surface area contributed by atoms with Gasteiger partial charge in [0.05, 0.1) is 5.60 Å². The van der Waals surface area contributed by atoms with Crippen molar-refractivity contribution in [1.82, 2.24) is 0 Å². The Balaban J connectivity index is 0.00000162. The molecule has 0 amide bonds. The van der Waals surface area contributed by atoms with E-state index in [1.165, 1.54) is 0 Å². The maximum Gasteiger partial charge on any atom is 0.144 e. The van der Waals surface area contributed by atoms with Crippen LogP contribution in [0, 0.1) is 16.9 Å². The fraction of sp³-hybridized carbons (Fsp3) is 0.929. The van der Waals surface area contributed by atoms with Crippen molar-refractivity contribution in [2.45, 2.75) is 72.4 Å². The third-order valence-electron chi connectivity index (χ3n) is 5.61. The number of fused-ring (bicyclic) bond motifs is 1. The molecule has 0 aromatic rings. The molecule has 0 spiro atoms. The number of rotatable bonds is 0. The van der Waals surface area contributed by atoms with Gasteiger partial charge < -0.3 is 14.6 Å². The van der Waals surface area contributed by atoms with Crippen molar-refractivity contribution >= 4 is 0 Å². The summed E-state index contributed by atoms with van der Waals surface area (Å²) in [7, 11) is 0. The second-order valence-electron chi connectivity index (χ2n) is 7.27. The van der Waals surface area contributed by atoms with Gasteiger partial charge in [-0.2, -0.15) is 6.10 Å². The van der Waals surface area contributed by atoms with Crippen LogP contribution in [0.4, 0.5) is 0 Å². The third kappa shape index (κ3) is 2.33. The Morgan fingerprint density at radius 3 is 1.58 bits per heavy atom. The molecule has 2 aliphatic rings. The van der Waals surface area contributed by atoms with Gasteiger partial charge in [-0.1, -0.05) is 40.0 Å². The van der Waals surface area contributed by atoms with Crippen molar-refractivity contribution in [2.75, 3.05) is 0 Å². The molecule has 2 radical (unpaired) electrons. The first kappa shape index (κ1) is 21.1. The van der Waals surface area contributed by atoms with Crippen LogP contribution < -0.4 is 0 Å². The molecule has 0 aromatic carbocycles. The van der Waals surface area contributed by atoms with E-state index in [9.17, 15) is 5.11 Å². The smallest absolute Gasteiger partial charge is 0.144 e. The van der Waals surface area contributed by atoms with Gasteiger partial charge in [-0.3, -0.25) is 0 Å². The van der Waals surface area contributed by atoms with Crippen LogP contribution in [-0.4, -0.2) is 22.1 Å². The quantitative estimate of drug-likeness (QED) is 0.613. The molecule has 0 aliphatic carbocycles. The molecule has 2 fully saturated rings. The molecular weight excluding hydrogens is 394 g/mol. The summed E-state index contributed by atoms with van der Waals surface area (Å²) in [4.78, 5) is 0. The Labute approximate surface area is 167 Å². The van der Waals surface area contributed by atoms with E-state index in [2.05, 4.69) is 27.7 Å². The van der Waals surface area contributed by atoms with Gasteiger partial charge in [0.2, 0.25) is 0 Å². The average molecular weight is 419 g/mol. The van der Waals surface area contributed by atoms with Gasteiger partial charge in [0.1, 0.15) is 5.79 Å². The molecule has 2 rings (SSSR count). The molecule has 0 saturated carbocycles. The van der Waals surface area contributed by atoms with Gasteiger partial charge in [-0.15, -0.1) is 0 Å². The monoisotopic (exact) mass is 419 g/mol. The third-order valence-corrected chi connectivity index (χ3v) is 5.61. The normalized spacial score (nSPS) is 42.2. The predicted molar refractivity (Wildman–Crippen MR) is 65.8 cm³/mol. The zero-order valence-electron chi connectivity index (χ0n) is 13.4. The summed E-state index contributed by atoms with van der Waals surface area (Å²) in [6, 6.07) is 0. The molecule has 106 valence electrons. The summed E-state index contributed by atoms with van der Waals surface area (Å²) in [6.45, 7) is 16.2. The van der Waals surface area contributed by atoms with Crippen LogP contribution in [0.2, 0.25) is 0 Å². The van der Waals surface area contributed by atoms with Crippen LogP contribution in [0.3, 0.4) is 0 Å². The first-order chi connectivity index (χ1) is 7.32. The van der Waals surface area contributed by atoms with Gasteiger partial charge in [0.15, 0.2) is 0 Å². The predicted octanol–water partition coefficient (Wildman–Crippen LogP) is 3.25. The fourth-order valence-electron chi connectivity index (χ4n) is 3.66. The summed E-state index contributed by atoms with van der Waals surface area (Å²) in [6.07, 6.45) is 0.392. The first-order valence-corrected chi connectivity index (χ1v) is 6.29. The number of aliphatic hydroxyl groups excluding tert-OH is 1. The first-order valence-electron chi connectivity index (χ1n) is 6.29. The van der Waals surface area contributed by atoms with Crippen molar-refractivity contribution < 1.29 is 80.0 Å². The molecule has 1 N–H and O–H groups in total. The molecule has 3 nitrogen and oxygen atoms in total. The van der Waals surface area contributed by atoms with Crippen LogP contribution >= 0.6 is 0 Å². The zero-order chi connectivity index (χ0) is 13.5. The van der Waals surface area contributed by atoms with Crippen molar-refractivity contribution in [3.63, 3.8) is 0 Å². The summed E-state index contributed by atoms with van der Waals surface area (Å²) in [5.41, 5.74) is -1.72. The Kier molecular flexibility index (Phi) is 5.91. The Morgan fingerprint density at radius 2 is 1.21 bits per heavy atom. The van der Waals surface area contributed by atoms with Crippen molar-refractivity contribution in [2.24, 2.45) is 10.8 Å². The Bertz CT molecular complexity index is 368. The van der Waals surface area contributed by atoms with Crippen LogP contribution in [0.25, 0.3) is 0 Å². The SMILES string of the molecule is CC1(C)O[C@@]2(C)OC(C)(C)C(C)(C)[C@@]2(C)[C-]1O.[Y].[Y]. The van der Waals surface area contributed by atoms with Crippen LogP contribution in [0.5, 0.6) is 0 Å². The maximum absolute atomic E-state index is 10.6. The molecule has 2 saturated heterocycles. The summed E-state index contributed by atoms with van der Waals surface area (Å²) < 4.78 is 12.2. The van der Waals surface area contributed by atoms with Crippen molar-refractivity contribution in [3.05, 3.63) is 6.10 Å². The topological polar surface area (TPSA) is 38.7 Å².